The molecule has 2 unspecified atom stereocenters. The van der Waals surface area contributed by atoms with Crippen LogP contribution in [0.5, 0.6) is 0 Å². The lowest BCUT2D eigenvalue weighted by molar-refractivity contribution is -0.870. The van der Waals surface area contributed by atoms with Gasteiger partial charge in [0.25, 0.3) is 6.29 Å². The lowest BCUT2D eigenvalue weighted by Gasteiger charge is -2.25. The SMILES string of the molecule is CC/C=C\C/C=C\C/C=C\CCCCCC(=O)OC(COC(=O)CCCCCCCCCCCCC/C=C\CCCCCCCCCC)COC(OCC[N+](C)(C)C)C(=O)O. The summed E-state index contributed by atoms with van der Waals surface area (Å²) < 4.78 is 22.7. The van der Waals surface area contributed by atoms with Crippen molar-refractivity contribution in [3.8, 4) is 0 Å². The molecule has 0 aliphatic heterocycles. The lowest BCUT2D eigenvalue weighted by atomic mass is 10.0. The Hall–Kier alpha value is -2.75. The second-order valence-corrected chi connectivity index (χ2v) is 17.7. The van der Waals surface area contributed by atoms with Crippen molar-refractivity contribution in [3.05, 3.63) is 48.6 Å². The topological polar surface area (TPSA) is 108 Å². The predicted molar refractivity (Wildman–Crippen MR) is 253 cm³/mol. The van der Waals surface area contributed by atoms with Gasteiger partial charge in [-0.05, 0) is 70.6 Å². The summed E-state index contributed by atoms with van der Waals surface area (Å²) in [5.41, 5.74) is 0. The van der Waals surface area contributed by atoms with E-state index in [2.05, 4.69) is 62.5 Å². The van der Waals surface area contributed by atoms with Crippen LogP contribution < -0.4 is 0 Å². The Morgan fingerprint density at radius 1 is 0.508 bits per heavy atom. The molecule has 0 aromatic heterocycles. The highest BCUT2D eigenvalue weighted by molar-refractivity contribution is 5.71. The second kappa shape index (κ2) is 43.9. The molecule has 0 heterocycles. The van der Waals surface area contributed by atoms with E-state index in [0.29, 0.717) is 23.9 Å². The average Bonchev–Trinajstić information content (AvgIpc) is 3.22. The van der Waals surface area contributed by atoms with Crippen LogP contribution in [0.1, 0.15) is 206 Å². The summed E-state index contributed by atoms with van der Waals surface area (Å²) in [5, 5.41) is 9.64. The number of aliphatic carboxylic acids is 1. The van der Waals surface area contributed by atoms with Gasteiger partial charge in [-0.1, -0.05) is 172 Å². The van der Waals surface area contributed by atoms with Gasteiger partial charge in [-0.2, -0.15) is 0 Å². The van der Waals surface area contributed by atoms with Gasteiger partial charge in [0.05, 0.1) is 34.4 Å². The zero-order valence-corrected chi connectivity index (χ0v) is 40.1. The Bertz CT molecular complexity index is 1140. The van der Waals surface area contributed by atoms with Crippen LogP contribution in [0, 0.1) is 0 Å². The van der Waals surface area contributed by atoms with Gasteiger partial charge in [0, 0.05) is 12.8 Å². The molecule has 0 aliphatic rings. The molecular formula is C52H94NO8+. The van der Waals surface area contributed by atoms with Crippen LogP contribution in [0.25, 0.3) is 0 Å². The molecule has 9 heteroatoms. The molecule has 0 aromatic carbocycles. The van der Waals surface area contributed by atoms with Gasteiger partial charge >= 0.3 is 17.9 Å². The average molecular weight is 861 g/mol. The first-order chi connectivity index (χ1) is 29.6. The van der Waals surface area contributed by atoms with Gasteiger partial charge < -0.3 is 28.5 Å². The van der Waals surface area contributed by atoms with E-state index in [4.69, 9.17) is 18.9 Å². The number of carboxylic acids is 1. The Kier molecular flexibility index (Phi) is 41.9. The molecule has 0 bridgehead atoms. The summed E-state index contributed by atoms with van der Waals surface area (Å²) in [7, 11) is 5.94. The van der Waals surface area contributed by atoms with Crippen LogP contribution in [-0.4, -0.2) is 87.4 Å². The Morgan fingerprint density at radius 2 is 0.934 bits per heavy atom. The van der Waals surface area contributed by atoms with E-state index in [9.17, 15) is 19.5 Å². The van der Waals surface area contributed by atoms with Gasteiger partial charge in [-0.15, -0.1) is 0 Å². The zero-order chi connectivity index (χ0) is 44.9. The standard InChI is InChI=1S/C52H93NO8/c1-6-8-10-12-14-16-18-20-21-22-23-24-25-26-27-28-29-31-32-34-36-38-40-42-49(54)59-46-48(47-60-52(51(56)57)58-45-44-53(3,4)5)61-50(55)43-41-39-37-35-33-30-19-17-15-13-11-9-7-2/h9,11,15,17,22-23,30,33,48,52H,6-8,10,12-14,16,18-21,24-29,31-32,34-47H2,1-5H3/p+1/b11-9-,17-15-,23-22-,33-30-. The second-order valence-electron chi connectivity index (χ2n) is 17.7. The van der Waals surface area contributed by atoms with E-state index in [1.807, 2.05) is 21.1 Å². The van der Waals surface area contributed by atoms with Crippen LogP contribution in [0.15, 0.2) is 48.6 Å². The monoisotopic (exact) mass is 861 g/mol. The van der Waals surface area contributed by atoms with Crippen LogP contribution in [0.3, 0.4) is 0 Å². The van der Waals surface area contributed by atoms with Crippen LogP contribution >= 0.6 is 0 Å². The van der Waals surface area contributed by atoms with Crippen molar-refractivity contribution in [1.82, 2.24) is 0 Å². The predicted octanol–water partition coefficient (Wildman–Crippen LogP) is 13.6. The molecule has 0 saturated carbocycles. The van der Waals surface area contributed by atoms with Crippen molar-refractivity contribution in [2.45, 2.75) is 219 Å². The molecule has 0 saturated heterocycles. The van der Waals surface area contributed by atoms with E-state index in [1.54, 1.807) is 0 Å². The Balaban J connectivity index is 4.30. The van der Waals surface area contributed by atoms with Gasteiger partial charge in [-0.3, -0.25) is 9.59 Å². The summed E-state index contributed by atoms with van der Waals surface area (Å²) in [6.07, 6.45) is 49.0. The molecule has 2 atom stereocenters. The molecule has 0 fully saturated rings. The van der Waals surface area contributed by atoms with Crippen molar-refractivity contribution < 1.29 is 42.9 Å². The van der Waals surface area contributed by atoms with Crippen molar-refractivity contribution >= 4 is 17.9 Å². The Labute approximate surface area is 374 Å². The van der Waals surface area contributed by atoms with Gasteiger partial charge in [0.1, 0.15) is 13.2 Å². The van der Waals surface area contributed by atoms with Gasteiger partial charge in [-0.25, -0.2) is 4.79 Å². The quantitative estimate of drug-likeness (QED) is 0.0212. The fraction of sp³-hybridized carbons (Fsp3) is 0.788. The highest BCUT2D eigenvalue weighted by Crippen LogP contribution is 2.15. The maximum atomic E-state index is 12.7. The van der Waals surface area contributed by atoms with E-state index < -0.39 is 24.3 Å². The van der Waals surface area contributed by atoms with Crippen molar-refractivity contribution in [2.75, 3.05) is 47.5 Å². The molecule has 61 heavy (non-hydrogen) atoms. The summed E-state index contributed by atoms with van der Waals surface area (Å²) in [5.74, 6) is -2.05. The largest absolute Gasteiger partial charge is 0.477 e. The van der Waals surface area contributed by atoms with Crippen LogP contribution in [0.4, 0.5) is 0 Å². The number of hydrogen-bond donors (Lipinski definition) is 1. The molecule has 1 N–H and O–H groups in total. The smallest absolute Gasteiger partial charge is 0.361 e. The number of quaternary nitrogens is 1. The molecule has 0 radical (unpaired) electrons. The number of carboxylic acid groups (broad SMARTS) is 1. The maximum Gasteiger partial charge on any atom is 0.361 e. The summed E-state index contributed by atoms with van der Waals surface area (Å²) >= 11 is 0. The number of carbonyl (C=O) groups is 3. The number of carbonyl (C=O) groups excluding carboxylic acids is 2. The molecule has 354 valence electrons. The number of ether oxygens (including phenoxy) is 4. The minimum Gasteiger partial charge on any atom is -0.477 e. The summed E-state index contributed by atoms with van der Waals surface area (Å²) in [4.78, 5) is 37.2. The fourth-order valence-electron chi connectivity index (χ4n) is 6.73. The van der Waals surface area contributed by atoms with Crippen molar-refractivity contribution in [3.63, 3.8) is 0 Å². The van der Waals surface area contributed by atoms with E-state index in [1.165, 1.54) is 116 Å². The highest BCUT2D eigenvalue weighted by atomic mass is 16.7. The number of likely N-dealkylation sites (N-methyl/N-ethyl adjacent to an activating group) is 1. The third kappa shape index (κ3) is 45.1. The number of nitrogens with zero attached hydrogens (tertiary/aromatic N) is 1. The van der Waals surface area contributed by atoms with Gasteiger partial charge in [0.2, 0.25) is 0 Å². The first kappa shape index (κ1) is 58.2. The maximum absolute atomic E-state index is 12.7. The summed E-state index contributed by atoms with van der Waals surface area (Å²) in [6, 6.07) is 0. The molecule has 9 nitrogen and oxygen atoms in total. The van der Waals surface area contributed by atoms with Crippen LogP contribution in [0.2, 0.25) is 0 Å². The molecule has 0 spiro atoms. The number of allylic oxidation sites excluding steroid dienone is 8. The third-order valence-corrected chi connectivity index (χ3v) is 10.6. The number of hydrogen-bond acceptors (Lipinski definition) is 7. The normalized spacial score (nSPS) is 13.3. The molecule has 0 amide bonds. The first-order valence-electron chi connectivity index (χ1n) is 24.8. The molecule has 0 aliphatic carbocycles. The minimum absolute atomic E-state index is 0.181. The van der Waals surface area contributed by atoms with E-state index in [-0.39, 0.29) is 32.2 Å². The van der Waals surface area contributed by atoms with E-state index >= 15 is 0 Å². The molecule has 0 rings (SSSR count). The number of esters is 2. The molecule has 0 aromatic rings. The number of unbranched alkanes of at least 4 members (excludes halogenated alkanes) is 22. The van der Waals surface area contributed by atoms with Crippen molar-refractivity contribution in [2.24, 2.45) is 0 Å². The minimum atomic E-state index is -1.52. The zero-order valence-electron chi connectivity index (χ0n) is 40.1. The Morgan fingerprint density at radius 3 is 1.43 bits per heavy atom. The molecular weight excluding hydrogens is 767 g/mol. The summed E-state index contributed by atoms with van der Waals surface area (Å²) in [6.45, 7) is 4.72. The van der Waals surface area contributed by atoms with Crippen LogP contribution in [-0.2, 0) is 33.3 Å². The van der Waals surface area contributed by atoms with Gasteiger partial charge in [0.15, 0.2) is 6.10 Å². The van der Waals surface area contributed by atoms with Crippen molar-refractivity contribution in [1.29, 1.82) is 0 Å². The lowest BCUT2D eigenvalue weighted by Crippen LogP contribution is -2.40. The third-order valence-electron chi connectivity index (χ3n) is 10.6. The van der Waals surface area contributed by atoms with E-state index in [0.717, 1.165) is 57.8 Å². The highest BCUT2D eigenvalue weighted by Gasteiger charge is 2.25. The number of rotatable bonds is 45. The first-order valence-corrected chi connectivity index (χ1v) is 24.8. The fourth-order valence-corrected chi connectivity index (χ4v) is 6.73.